The Morgan fingerprint density at radius 1 is 1.45 bits per heavy atom. The fourth-order valence-corrected chi connectivity index (χ4v) is 3.59. The van der Waals surface area contributed by atoms with Crippen molar-refractivity contribution in [3.05, 3.63) is 32.8 Å². The van der Waals surface area contributed by atoms with Crippen LogP contribution in [0.5, 0.6) is 0 Å². The van der Waals surface area contributed by atoms with Crippen molar-refractivity contribution in [1.82, 2.24) is 4.72 Å². The molecule has 20 heavy (non-hydrogen) atoms. The van der Waals surface area contributed by atoms with Crippen molar-refractivity contribution in [2.45, 2.75) is 31.2 Å². The number of hydrogen-bond acceptors (Lipinski definition) is 5. The highest BCUT2D eigenvalue weighted by Crippen LogP contribution is 2.32. The first-order valence-electron chi connectivity index (χ1n) is 5.69. The lowest BCUT2D eigenvalue weighted by Gasteiger charge is -2.24. The van der Waals surface area contributed by atoms with Crippen LogP contribution >= 0.6 is 11.6 Å². The second-order valence-electron chi connectivity index (χ2n) is 5.05. The van der Waals surface area contributed by atoms with Crippen molar-refractivity contribution >= 4 is 27.3 Å². The number of nitro groups is 1. The van der Waals surface area contributed by atoms with Crippen LogP contribution in [0.4, 0.5) is 5.69 Å². The minimum absolute atomic E-state index is 0.0672. The van der Waals surface area contributed by atoms with E-state index >= 15 is 0 Å². The fourth-order valence-electron chi connectivity index (χ4n) is 1.51. The Morgan fingerprint density at radius 2 is 2.00 bits per heavy atom. The summed E-state index contributed by atoms with van der Waals surface area (Å²) in [6.07, 6.45) is 0. The maximum Gasteiger partial charge on any atom is 0.289 e. The van der Waals surface area contributed by atoms with E-state index in [1.54, 1.807) is 20.8 Å². The monoisotopic (exact) mass is 321 g/mol. The van der Waals surface area contributed by atoms with E-state index in [1.165, 1.54) is 12.1 Å². The van der Waals surface area contributed by atoms with Gasteiger partial charge in [-0.1, -0.05) is 11.6 Å². The van der Waals surface area contributed by atoms with Crippen molar-refractivity contribution < 1.29 is 13.3 Å². The molecular formula is C11H16ClN3O4S. The quantitative estimate of drug-likeness (QED) is 0.631. The van der Waals surface area contributed by atoms with Crippen molar-refractivity contribution in [3.63, 3.8) is 0 Å². The Hall–Kier alpha value is -1.22. The second kappa shape index (κ2) is 5.65. The molecule has 0 heterocycles. The zero-order valence-corrected chi connectivity index (χ0v) is 12.9. The molecule has 0 radical (unpaired) electrons. The van der Waals surface area contributed by atoms with E-state index in [0.717, 1.165) is 0 Å². The van der Waals surface area contributed by atoms with Gasteiger partial charge in [0, 0.05) is 18.2 Å². The second-order valence-corrected chi connectivity index (χ2v) is 7.08. The number of sulfonamides is 1. The molecule has 0 saturated heterocycles. The molecule has 9 heteroatoms. The average Bonchev–Trinajstić information content (AvgIpc) is 2.30. The van der Waals surface area contributed by atoms with Gasteiger partial charge >= 0.3 is 0 Å². The number of nitrogens with two attached hydrogens (primary N) is 1. The molecule has 3 N–H and O–H groups in total. The molecule has 0 unspecified atom stereocenters. The van der Waals surface area contributed by atoms with Gasteiger partial charge in [0.1, 0.15) is 9.92 Å². The average molecular weight is 322 g/mol. The maximum atomic E-state index is 12.3. The minimum Gasteiger partial charge on any atom is -0.329 e. The summed E-state index contributed by atoms with van der Waals surface area (Å²) in [4.78, 5) is 9.83. The van der Waals surface area contributed by atoms with Crippen LogP contribution in [-0.2, 0) is 10.0 Å². The van der Waals surface area contributed by atoms with Gasteiger partial charge in [-0.05, 0) is 32.4 Å². The summed E-state index contributed by atoms with van der Waals surface area (Å²) < 4.78 is 26.9. The van der Waals surface area contributed by atoms with E-state index in [4.69, 9.17) is 17.3 Å². The Balaban J connectivity index is 3.43. The third kappa shape index (κ3) is 3.66. The first kappa shape index (κ1) is 16.8. The molecule has 0 atom stereocenters. The summed E-state index contributed by atoms with van der Waals surface area (Å²) in [6, 6.07) is 2.50. The number of nitrogens with one attached hydrogen (secondary N) is 1. The summed E-state index contributed by atoms with van der Waals surface area (Å²) in [7, 11) is -4.01. The van der Waals surface area contributed by atoms with Gasteiger partial charge in [-0.15, -0.1) is 0 Å². The molecule has 0 aliphatic rings. The Kier molecular flexibility index (Phi) is 4.75. The van der Waals surface area contributed by atoms with Crippen LogP contribution in [0.25, 0.3) is 0 Å². The van der Waals surface area contributed by atoms with Gasteiger partial charge < -0.3 is 5.73 Å². The third-order valence-corrected chi connectivity index (χ3v) is 4.80. The maximum absolute atomic E-state index is 12.3. The number of rotatable bonds is 5. The molecule has 0 aromatic heterocycles. The van der Waals surface area contributed by atoms with Crippen molar-refractivity contribution in [2.75, 3.05) is 6.54 Å². The normalized spacial score (nSPS) is 12.4. The van der Waals surface area contributed by atoms with Crippen molar-refractivity contribution in [1.29, 1.82) is 0 Å². The number of benzene rings is 1. The molecule has 0 bridgehead atoms. The minimum atomic E-state index is -4.01. The van der Waals surface area contributed by atoms with Crippen LogP contribution in [0.2, 0.25) is 5.02 Å². The lowest BCUT2D eigenvalue weighted by Crippen LogP contribution is -2.48. The van der Waals surface area contributed by atoms with Gasteiger partial charge in [-0.3, -0.25) is 10.1 Å². The van der Waals surface area contributed by atoms with Gasteiger partial charge in [-0.2, -0.15) is 0 Å². The van der Waals surface area contributed by atoms with E-state index in [9.17, 15) is 18.5 Å². The number of hydrogen-bond donors (Lipinski definition) is 2. The Labute approximate surface area is 122 Å². The molecule has 112 valence electrons. The predicted octanol–water partition coefficient (Wildman–Crippen LogP) is 1.57. The highest BCUT2D eigenvalue weighted by molar-refractivity contribution is 7.89. The molecule has 0 spiro atoms. The summed E-state index contributed by atoms with van der Waals surface area (Å²) in [5.74, 6) is 0. The zero-order valence-electron chi connectivity index (χ0n) is 11.3. The Morgan fingerprint density at radius 3 is 2.45 bits per heavy atom. The molecule has 7 nitrogen and oxygen atoms in total. The van der Waals surface area contributed by atoms with E-state index in [1.807, 2.05) is 0 Å². The molecule has 1 rings (SSSR count). The summed E-state index contributed by atoms with van der Waals surface area (Å²) in [5, 5.41) is 10.5. The molecule has 0 saturated carbocycles. The summed E-state index contributed by atoms with van der Waals surface area (Å²) >= 11 is 5.84. The standard InChI is InChI=1S/C11H16ClN3O4S/c1-7-4-8(15(16)17)10(12)9(5-7)20(18,19)14-11(2,3)6-13/h4-5,14H,6,13H2,1-3H3. The highest BCUT2D eigenvalue weighted by atomic mass is 35.5. The largest absolute Gasteiger partial charge is 0.329 e. The van der Waals surface area contributed by atoms with Crippen molar-refractivity contribution in [2.24, 2.45) is 5.73 Å². The van der Waals surface area contributed by atoms with Gasteiger partial charge in [-0.25, -0.2) is 13.1 Å². The van der Waals surface area contributed by atoms with E-state index in [0.29, 0.717) is 5.56 Å². The predicted molar refractivity (Wildman–Crippen MR) is 76.3 cm³/mol. The SMILES string of the molecule is Cc1cc([N+](=O)[O-])c(Cl)c(S(=O)(=O)NC(C)(C)CN)c1. The first-order valence-corrected chi connectivity index (χ1v) is 7.55. The summed E-state index contributed by atoms with van der Waals surface area (Å²) in [5.41, 5.74) is 4.56. The zero-order chi connectivity index (χ0) is 15.7. The van der Waals surface area contributed by atoms with Gasteiger partial charge in [0.25, 0.3) is 5.69 Å². The topological polar surface area (TPSA) is 115 Å². The number of aryl methyl sites for hydroxylation is 1. The summed E-state index contributed by atoms with van der Waals surface area (Å²) in [6.45, 7) is 4.82. The highest BCUT2D eigenvalue weighted by Gasteiger charge is 2.30. The fraction of sp³-hybridized carbons (Fsp3) is 0.455. The van der Waals surface area contributed by atoms with Gasteiger partial charge in [0.2, 0.25) is 10.0 Å². The van der Waals surface area contributed by atoms with Crippen LogP contribution in [0.15, 0.2) is 17.0 Å². The molecular weight excluding hydrogens is 306 g/mol. The lowest BCUT2D eigenvalue weighted by atomic mass is 10.1. The smallest absolute Gasteiger partial charge is 0.289 e. The van der Waals surface area contributed by atoms with Crippen LogP contribution in [-0.4, -0.2) is 25.4 Å². The molecule has 1 aromatic rings. The third-order valence-electron chi connectivity index (χ3n) is 2.57. The van der Waals surface area contributed by atoms with E-state index in [2.05, 4.69) is 4.72 Å². The lowest BCUT2D eigenvalue weighted by molar-refractivity contribution is -0.385. The molecule has 0 fully saturated rings. The van der Waals surface area contributed by atoms with Gasteiger partial charge in [0.15, 0.2) is 0 Å². The van der Waals surface area contributed by atoms with Crippen LogP contribution < -0.4 is 10.5 Å². The number of halogens is 1. The van der Waals surface area contributed by atoms with E-state index < -0.39 is 31.2 Å². The van der Waals surface area contributed by atoms with E-state index in [-0.39, 0.29) is 11.4 Å². The molecule has 0 amide bonds. The van der Waals surface area contributed by atoms with Crippen LogP contribution in [0, 0.1) is 17.0 Å². The van der Waals surface area contributed by atoms with Gasteiger partial charge in [0.05, 0.1) is 4.92 Å². The van der Waals surface area contributed by atoms with Crippen LogP contribution in [0.3, 0.4) is 0 Å². The Bertz CT molecular complexity index is 643. The number of nitro benzene ring substituents is 1. The molecule has 0 aliphatic carbocycles. The number of nitrogens with zero attached hydrogens (tertiary/aromatic N) is 1. The molecule has 1 aromatic carbocycles. The first-order chi connectivity index (χ1) is 9.00. The van der Waals surface area contributed by atoms with Crippen molar-refractivity contribution in [3.8, 4) is 0 Å². The molecule has 0 aliphatic heterocycles. The van der Waals surface area contributed by atoms with Crippen LogP contribution in [0.1, 0.15) is 19.4 Å².